The summed E-state index contributed by atoms with van der Waals surface area (Å²) < 4.78 is 4.84. The smallest absolute Gasteiger partial charge is 0.328 e. The molecule has 0 spiro atoms. The van der Waals surface area contributed by atoms with Crippen molar-refractivity contribution >= 4 is 12.0 Å². The molecule has 5 heteroatoms. The van der Waals surface area contributed by atoms with Gasteiger partial charge in [0.2, 0.25) is 0 Å². The monoisotopic (exact) mass is 242 g/mol. The summed E-state index contributed by atoms with van der Waals surface area (Å²) in [4.78, 5) is 24.9. The maximum Gasteiger partial charge on any atom is 0.328 e. The summed E-state index contributed by atoms with van der Waals surface area (Å²) >= 11 is 0. The zero-order valence-electron chi connectivity index (χ0n) is 10.9. The van der Waals surface area contributed by atoms with Crippen LogP contribution < -0.4 is 5.32 Å². The Labute approximate surface area is 102 Å². The van der Waals surface area contributed by atoms with E-state index in [0.29, 0.717) is 12.5 Å². The quantitative estimate of drug-likeness (QED) is 0.761. The first-order chi connectivity index (χ1) is 8.04. The molecule has 1 N–H and O–H groups in total. The number of nitrogens with one attached hydrogen (secondary N) is 1. The molecule has 1 saturated heterocycles. The van der Waals surface area contributed by atoms with Gasteiger partial charge in [-0.2, -0.15) is 0 Å². The number of nitrogens with zero attached hydrogens (tertiary/aromatic N) is 1. The predicted molar refractivity (Wildman–Crippen MR) is 64.6 cm³/mol. The third-order valence-corrected chi connectivity index (χ3v) is 3.05. The number of rotatable bonds is 3. The van der Waals surface area contributed by atoms with E-state index in [0.717, 1.165) is 25.9 Å². The Kier molecular flexibility index (Phi) is 5.25. The molecular weight excluding hydrogens is 220 g/mol. The molecule has 1 heterocycles. The number of amides is 2. The Morgan fingerprint density at radius 2 is 2.00 bits per heavy atom. The molecule has 0 aromatic rings. The molecule has 1 unspecified atom stereocenters. The van der Waals surface area contributed by atoms with Crippen LogP contribution in [0.25, 0.3) is 0 Å². The fourth-order valence-corrected chi connectivity index (χ4v) is 1.81. The van der Waals surface area contributed by atoms with Gasteiger partial charge in [-0.15, -0.1) is 0 Å². The highest BCUT2D eigenvalue weighted by Crippen LogP contribution is 2.15. The molecule has 0 aromatic carbocycles. The second kappa shape index (κ2) is 6.47. The summed E-state index contributed by atoms with van der Waals surface area (Å²) in [6, 6.07) is -0.751. The van der Waals surface area contributed by atoms with Crippen LogP contribution in [0, 0.1) is 5.92 Å². The van der Waals surface area contributed by atoms with Crippen molar-refractivity contribution < 1.29 is 14.3 Å². The fraction of sp³-hybridized carbons (Fsp3) is 0.833. The van der Waals surface area contributed by atoms with E-state index >= 15 is 0 Å². The normalized spacial score (nSPS) is 18.6. The summed E-state index contributed by atoms with van der Waals surface area (Å²) in [5, 5.41) is 2.66. The van der Waals surface area contributed by atoms with Gasteiger partial charge in [-0.05, 0) is 32.6 Å². The van der Waals surface area contributed by atoms with E-state index in [9.17, 15) is 9.59 Å². The molecule has 0 aromatic heterocycles. The van der Waals surface area contributed by atoms with Gasteiger partial charge in [-0.1, -0.05) is 6.92 Å². The molecular formula is C12H22N2O3. The van der Waals surface area contributed by atoms with Gasteiger partial charge in [-0.3, -0.25) is 0 Å². The number of carbonyl (C=O) groups is 2. The third kappa shape index (κ3) is 4.24. The van der Waals surface area contributed by atoms with Crippen LogP contribution in [0.3, 0.4) is 0 Å². The molecule has 5 nitrogen and oxygen atoms in total. The molecule has 17 heavy (non-hydrogen) atoms. The van der Waals surface area contributed by atoms with Crippen molar-refractivity contribution in [1.29, 1.82) is 0 Å². The maximum atomic E-state index is 11.8. The highest BCUT2D eigenvalue weighted by molar-refractivity contribution is 5.83. The molecule has 2 amide bonds. The number of esters is 1. The highest BCUT2D eigenvalue weighted by atomic mass is 16.5. The minimum absolute atomic E-state index is 0.169. The summed E-state index contributed by atoms with van der Waals surface area (Å²) in [5.41, 5.74) is 0. The van der Waals surface area contributed by atoms with Crippen LogP contribution in [0.1, 0.15) is 33.6 Å². The molecule has 0 bridgehead atoms. The average molecular weight is 242 g/mol. The van der Waals surface area contributed by atoms with E-state index < -0.39 is 6.04 Å². The zero-order chi connectivity index (χ0) is 12.8. The lowest BCUT2D eigenvalue weighted by atomic mass is 10.00. The lowest BCUT2D eigenvalue weighted by Gasteiger charge is -2.31. The molecule has 1 atom stereocenters. The van der Waals surface area contributed by atoms with Crippen LogP contribution in [0.2, 0.25) is 0 Å². The SMILES string of the molecule is CCOC(=O)C(C)NC(=O)N1CCC(C)CC1. The van der Waals surface area contributed by atoms with Gasteiger partial charge in [0.25, 0.3) is 0 Å². The number of hydrogen-bond donors (Lipinski definition) is 1. The van der Waals surface area contributed by atoms with E-state index in [4.69, 9.17) is 4.74 Å². The van der Waals surface area contributed by atoms with Crippen molar-refractivity contribution in [3.05, 3.63) is 0 Å². The van der Waals surface area contributed by atoms with Crippen molar-refractivity contribution in [1.82, 2.24) is 10.2 Å². The average Bonchev–Trinajstić information content (AvgIpc) is 2.30. The highest BCUT2D eigenvalue weighted by Gasteiger charge is 2.23. The van der Waals surface area contributed by atoms with Crippen molar-refractivity contribution in [2.24, 2.45) is 5.92 Å². The van der Waals surface area contributed by atoms with Crippen molar-refractivity contribution in [3.63, 3.8) is 0 Å². The lowest BCUT2D eigenvalue weighted by Crippen LogP contribution is -2.49. The van der Waals surface area contributed by atoms with Crippen molar-refractivity contribution in [3.8, 4) is 0 Å². The molecule has 0 saturated carbocycles. The van der Waals surface area contributed by atoms with Gasteiger partial charge in [0.1, 0.15) is 6.04 Å². The van der Waals surface area contributed by atoms with E-state index in [1.165, 1.54) is 0 Å². The molecule has 98 valence electrons. The first-order valence-electron chi connectivity index (χ1n) is 6.26. The van der Waals surface area contributed by atoms with Gasteiger partial charge in [-0.25, -0.2) is 9.59 Å². The van der Waals surface area contributed by atoms with Gasteiger partial charge >= 0.3 is 12.0 Å². The second-order valence-corrected chi connectivity index (χ2v) is 4.59. The van der Waals surface area contributed by atoms with Gasteiger partial charge < -0.3 is 15.0 Å². The summed E-state index contributed by atoms with van der Waals surface area (Å²) in [7, 11) is 0. The van der Waals surface area contributed by atoms with E-state index in [-0.39, 0.29) is 12.0 Å². The van der Waals surface area contributed by atoms with E-state index in [1.54, 1.807) is 18.7 Å². The van der Waals surface area contributed by atoms with Crippen LogP contribution in [0.15, 0.2) is 0 Å². The fourth-order valence-electron chi connectivity index (χ4n) is 1.81. The Bertz CT molecular complexity index is 273. The molecule has 1 fully saturated rings. The second-order valence-electron chi connectivity index (χ2n) is 4.59. The number of hydrogen-bond acceptors (Lipinski definition) is 3. The van der Waals surface area contributed by atoms with Crippen LogP contribution >= 0.6 is 0 Å². The van der Waals surface area contributed by atoms with Gasteiger partial charge in [0.05, 0.1) is 6.61 Å². The topological polar surface area (TPSA) is 58.6 Å². The van der Waals surface area contributed by atoms with Crippen LogP contribution in [0.4, 0.5) is 4.79 Å². The largest absolute Gasteiger partial charge is 0.464 e. The molecule has 1 aliphatic heterocycles. The van der Waals surface area contributed by atoms with Crippen LogP contribution in [-0.4, -0.2) is 42.6 Å². The number of urea groups is 1. The van der Waals surface area contributed by atoms with Gasteiger partial charge in [0.15, 0.2) is 0 Å². The third-order valence-electron chi connectivity index (χ3n) is 3.05. The minimum Gasteiger partial charge on any atom is -0.464 e. The molecule has 0 aliphatic carbocycles. The summed E-state index contributed by atoms with van der Waals surface area (Å²) in [6.07, 6.45) is 2.06. The Hall–Kier alpha value is -1.26. The lowest BCUT2D eigenvalue weighted by molar-refractivity contribution is -0.144. The predicted octanol–water partition coefficient (Wildman–Crippen LogP) is 1.38. The van der Waals surface area contributed by atoms with Crippen LogP contribution in [-0.2, 0) is 9.53 Å². The number of ether oxygens (including phenoxy) is 1. The first-order valence-corrected chi connectivity index (χ1v) is 6.26. The van der Waals surface area contributed by atoms with E-state index in [2.05, 4.69) is 12.2 Å². The Morgan fingerprint density at radius 1 is 1.41 bits per heavy atom. The van der Waals surface area contributed by atoms with Crippen molar-refractivity contribution in [2.45, 2.75) is 39.7 Å². The zero-order valence-corrected chi connectivity index (χ0v) is 10.9. The van der Waals surface area contributed by atoms with Crippen LogP contribution in [0.5, 0.6) is 0 Å². The standard InChI is InChI=1S/C12H22N2O3/c1-4-17-11(15)10(3)13-12(16)14-7-5-9(2)6-8-14/h9-10H,4-8H2,1-3H3,(H,13,16). The Balaban J connectivity index is 2.35. The number of carbonyl (C=O) groups excluding carboxylic acids is 2. The maximum absolute atomic E-state index is 11.8. The molecule has 0 radical (unpaired) electrons. The Morgan fingerprint density at radius 3 is 2.53 bits per heavy atom. The van der Waals surface area contributed by atoms with Crippen molar-refractivity contribution in [2.75, 3.05) is 19.7 Å². The summed E-state index contributed by atoms with van der Waals surface area (Å²) in [6.45, 7) is 7.45. The number of likely N-dealkylation sites (tertiary alicyclic amines) is 1. The molecule has 1 rings (SSSR count). The van der Waals surface area contributed by atoms with E-state index in [1.807, 2.05) is 0 Å². The minimum atomic E-state index is -0.582. The first kappa shape index (κ1) is 13.8. The summed E-state index contributed by atoms with van der Waals surface area (Å²) in [5.74, 6) is 0.299. The molecule has 1 aliphatic rings. The number of piperidine rings is 1. The van der Waals surface area contributed by atoms with Gasteiger partial charge in [0, 0.05) is 13.1 Å².